The highest BCUT2D eigenvalue weighted by molar-refractivity contribution is 4.59. The van der Waals surface area contributed by atoms with Crippen LogP contribution in [0.15, 0.2) is 0 Å². The molecule has 4 unspecified atom stereocenters. The summed E-state index contributed by atoms with van der Waals surface area (Å²) in [5, 5.41) is 8.89. The van der Waals surface area contributed by atoms with Gasteiger partial charge in [0, 0.05) is 6.61 Å². The van der Waals surface area contributed by atoms with Gasteiger partial charge in [0.25, 0.3) is 0 Å². The van der Waals surface area contributed by atoms with E-state index in [0.717, 1.165) is 6.61 Å². The summed E-state index contributed by atoms with van der Waals surface area (Å²) in [6.07, 6.45) is 4.96. The molecule has 0 radical (unpaired) electrons. The second kappa shape index (κ2) is 13.5. The number of aliphatic hydroxyl groups is 1. The van der Waals surface area contributed by atoms with Crippen molar-refractivity contribution in [3.05, 3.63) is 0 Å². The molecule has 0 amide bonds. The Balaban J connectivity index is 3.70. The van der Waals surface area contributed by atoms with E-state index in [1.54, 1.807) is 0 Å². The second-order valence-corrected chi connectivity index (χ2v) is 6.03. The summed E-state index contributed by atoms with van der Waals surface area (Å²) in [5.74, 6) is 0.665. The normalized spacial score (nSPS) is 17.4. The van der Waals surface area contributed by atoms with Crippen molar-refractivity contribution in [1.82, 2.24) is 0 Å². The minimum atomic E-state index is -0.131. The standard InChI is InChI=1S/C17H36O4/c1-6-8-9-17(7-2)13-21-16(5)12-20-15(4)11-19-14(3)10-18/h14-18H,6-13H2,1-5H3. The van der Waals surface area contributed by atoms with Gasteiger partial charge in [0.15, 0.2) is 0 Å². The third-order valence-electron chi connectivity index (χ3n) is 3.65. The van der Waals surface area contributed by atoms with Crippen molar-refractivity contribution < 1.29 is 19.3 Å². The van der Waals surface area contributed by atoms with Crippen LogP contribution >= 0.6 is 0 Å². The Morgan fingerprint density at radius 3 is 1.81 bits per heavy atom. The lowest BCUT2D eigenvalue weighted by atomic mass is 10.0. The van der Waals surface area contributed by atoms with E-state index < -0.39 is 0 Å². The Bertz CT molecular complexity index is 223. The summed E-state index contributed by atoms with van der Waals surface area (Å²) in [4.78, 5) is 0. The molecule has 0 fully saturated rings. The number of hydrogen-bond acceptors (Lipinski definition) is 4. The Morgan fingerprint density at radius 1 is 0.810 bits per heavy atom. The smallest absolute Gasteiger partial charge is 0.0781 e. The number of rotatable bonds is 14. The first-order valence-corrected chi connectivity index (χ1v) is 8.49. The SMILES string of the molecule is CCCCC(CC)COC(C)COC(C)COC(C)CO. The van der Waals surface area contributed by atoms with Gasteiger partial charge < -0.3 is 19.3 Å². The van der Waals surface area contributed by atoms with Crippen LogP contribution in [0.25, 0.3) is 0 Å². The van der Waals surface area contributed by atoms with Gasteiger partial charge in [0.1, 0.15) is 0 Å². The number of unbranched alkanes of at least 4 members (excludes halogenated alkanes) is 1. The van der Waals surface area contributed by atoms with E-state index in [2.05, 4.69) is 20.8 Å². The molecule has 1 N–H and O–H groups in total. The van der Waals surface area contributed by atoms with Gasteiger partial charge in [0.2, 0.25) is 0 Å². The quantitative estimate of drug-likeness (QED) is 0.534. The highest BCUT2D eigenvalue weighted by Gasteiger charge is 2.12. The fraction of sp³-hybridized carbons (Fsp3) is 1.00. The zero-order valence-corrected chi connectivity index (χ0v) is 14.6. The third kappa shape index (κ3) is 12.1. The largest absolute Gasteiger partial charge is 0.394 e. The molecular formula is C17H36O4. The molecule has 0 aromatic carbocycles. The third-order valence-corrected chi connectivity index (χ3v) is 3.65. The first kappa shape index (κ1) is 20.8. The van der Waals surface area contributed by atoms with Gasteiger partial charge in [-0.1, -0.05) is 33.1 Å². The predicted molar refractivity (Wildman–Crippen MR) is 86.6 cm³/mol. The lowest BCUT2D eigenvalue weighted by molar-refractivity contribution is -0.0784. The lowest BCUT2D eigenvalue weighted by Crippen LogP contribution is -2.27. The topological polar surface area (TPSA) is 47.9 Å². The zero-order valence-electron chi connectivity index (χ0n) is 14.6. The van der Waals surface area contributed by atoms with Crippen LogP contribution in [0.4, 0.5) is 0 Å². The molecule has 0 saturated heterocycles. The summed E-state index contributed by atoms with van der Waals surface area (Å²) < 4.78 is 17.0. The minimum absolute atomic E-state index is 0.0205. The van der Waals surface area contributed by atoms with Crippen LogP contribution < -0.4 is 0 Å². The average Bonchev–Trinajstić information content (AvgIpc) is 2.50. The van der Waals surface area contributed by atoms with Crippen LogP contribution in [-0.4, -0.2) is 49.8 Å². The highest BCUT2D eigenvalue weighted by atomic mass is 16.6. The maximum absolute atomic E-state index is 8.89. The summed E-state index contributed by atoms with van der Waals surface area (Å²) in [7, 11) is 0. The molecule has 0 aromatic heterocycles. The van der Waals surface area contributed by atoms with E-state index in [1.165, 1.54) is 25.7 Å². The van der Waals surface area contributed by atoms with Crippen molar-refractivity contribution in [3.8, 4) is 0 Å². The molecule has 0 bridgehead atoms. The van der Waals surface area contributed by atoms with E-state index in [9.17, 15) is 0 Å². The van der Waals surface area contributed by atoms with Crippen LogP contribution in [0.5, 0.6) is 0 Å². The predicted octanol–water partition coefficient (Wildman–Crippen LogP) is 3.41. The Kier molecular flexibility index (Phi) is 13.4. The molecule has 4 heteroatoms. The van der Waals surface area contributed by atoms with Crippen LogP contribution in [0.3, 0.4) is 0 Å². The lowest BCUT2D eigenvalue weighted by Gasteiger charge is -2.21. The highest BCUT2D eigenvalue weighted by Crippen LogP contribution is 2.14. The van der Waals surface area contributed by atoms with E-state index in [0.29, 0.717) is 19.1 Å². The Morgan fingerprint density at radius 2 is 1.33 bits per heavy atom. The van der Waals surface area contributed by atoms with Crippen molar-refractivity contribution in [1.29, 1.82) is 0 Å². The Labute approximate surface area is 131 Å². The maximum Gasteiger partial charge on any atom is 0.0781 e. The molecule has 0 rings (SSSR count). The summed E-state index contributed by atoms with van der Waals surface area (Å²) in [5.41, 5.74) is 0. The molecule has 0 aliphatic carbocycles. The molecule has 21 heavy (non-hydrogen) atoms. The molecule has 0 aliphatic rings. The van der Waals surface area contributed by atoms with Crippen LogP contribution in [-0.2, 0) is 14.2 Å². The fourth-order valence-corrected chi connectivity index (χ4v) is 1.95. The number of ether oxygens (including phenoxy) is 3. The maximum atomic E-state index is 8.89. The van der Waals surface area contributed by atoms with E-state index in [1.807, 2.05) is 13.8 Å². The van der Waals surface area contributed by atoms with E-state index in [4.69, 9.17) is 19.3 Å². The molecule has 0 aromatic rings. The average molecular weight is 304 g/mol. The van der Waals surface area contributed by atoms with Gasteiger partial charge in [-0.05, 0) is 33.1 Å². The number of aliphatic hydroxyl groups excluding tert-OH is 1. The van der Waals surface area contributed by atoms with Gasteiger partial charge in [-0.2, -0.15) is 0 Å². The zero-order chi connectivity index (χ0) is 16.1. The van der Waals surface area contributed by atoms with Gasteiger partial charge in [0.05, 0.1) is 38.1 Å². The molecule has 128 valence electrons. The van der Waals surface area contributed by atoms with E-state index in [-0.39, 0.29) is 24.9 Å². The molecule has 4 atom stereocenters. The van der Waals surface area contributed by atoms with Crippen LogP contribution in [0.2, 0.25) is 0 Å². The summed E-state index contributed by atoms with van der Waals surface area (Å²) in [6.45, 7) is 12.3. The first-order chi connectivity index (χ1) is 10.0. The molecule has 0 saturated carbocycles. The summed E-state index contributed by atoms with van der Waals surface area (Å²) >= 11 is 0. The van der Waals surface area contributed by atoms with Crippen LogP contribution in [0, 0.1) is 5.92 Å². The van der Waals surface area contributed by atoms with Crippen molar-refractivity contribution in [2.75, 3.05) is 26.4 Å². The number of hydrogen-bond donors (Lipinski definition) is 1. The van der Waals surface area contributed by atoms with Crippen molar-refractivity contribution in [2.24, 2.45) is 5.92 Å². The molecule has 4 nitrogen and oxygen atoms in total. The molecule has 0 heterocycles. The Hall–Kier alpha value is -0.160. The first-order valence-electron chi connectivity index (χ1n) is 8.49. The van der Waals surface area contributed by atoms with Crippen molar-refractivity contribution >= 4 is 0 Å². The molecule has 0 spiro atoms. The van der Waals surface area contributed by atoms with Gasteiger partial charge >= 0.3 is 0 Å². The minimum Gasteiger partial charge on any atom is -0.394 e. The van der Waals surface area contributed by atoms with Gasteiger partial charge in [-0.3, -0.25) is 0 Å². The van der Waals surface area contributed by atoms with Crippen LogP contribution in [0.1, 0.15) is 60.3 Å². The van der Waals surface area contributed by atoms with Crippen molar-refractivity contribution in [3.63, 3.8) is 0 Å². The molecule has 0 aliphatic heterocycles. The van der Waals surface area contributed by atoms with Crippen molar-refractivity contribution in [2.45, 2.75) is 78.6 Å². The summed E-state index contributed by atoms with van der Waals surface area (Å²) in [6, 6.07) is 0. The fourth-order valence-electron chi connectivity index (χ4n) is 1.95. The molecular weight excluding hydrogens is 268 g/mol. The van der Waals surface area contributed by atoms with E-state index >= 15 is 0 Å². The van der Waals surface area contributed by atoms with Gasteiger partial charge in [-0.15, -0.1) is 0 Å². The monoisotopic (exact) mass is 304 g/mol. The second-order valence-electron chi connectivity index (χ2n) is 6.03. The van der Waals surface area contributed by atoms with Gasteiger partial charge in [-0.25, -0.2) is 0 Å².